The minimum Gasteiger partial charge on any atom is -0.207 e. The number of nitrogens with zero attached hydrogens (tertiary/aromatic N) is 2. The topological polar surface area (TPSA) is 61.2 Å². The Morgan fingerprint density at radius 3 is 2.44 bits per heavy atom. The third-order valence-corrected chi connectivity index (χ3v) is 4.90. The number of sulfonamides is 1. The highest BCUT2D eigenvalue weighted by Gasteiger charge is 2.25. The molecule has 0 aromatic heterocycles. The summed E-state index contributed by atoms with van der Waals surface area (Å²) < 4.78 is 26.1. The second-order valence-electron chi connectivity index (χ2n) is 4.30. The van der Waals surface area contributed by atoms with E-state index in [4.69, 9.17) is 5.26 Å². The fourth-order valence-electron chi connectivity index (χ4n) is 1.82. The van der Waals surface area contributed by atoms with Gasteiger partial charge in [0.25, 0.3) is 0 Å². The zero-order valence-corrected chi connectivity index (χ0v) is 10.9. The molecule has 2 rings (SSSR count). The lowest BCUT2D eigenvalue weighted by Crippen LogP contribution is -2.34. The van der Waals surface area contributed by atoms with Crippen LogP contribution in [0.4, 0.5) is 0 Å². The van der Waals surface area contributed by atoms with Gasteiger partial charge in [-0.15, -0.1) is 0 Å². The van der Waals surface area contributed by atoms with E-state index < -0.39 is 10.0 Å². The molecule has 18 heavy (non-hydrogen) atoms. The smallest absolute Gasteiger partial charge is 0.207 e. The van der Waals surface area contributed by atoms with Crippen LogP contribution in [0.25, 0.3) is 0 Å². The van der Waals surface area contributed by atoms with Crippen molar-refractivity contribution in [2.45, 2.75) is 18.2 Å². The summed E-state index contributed by atoms with van der Waals surface area (Å²) in [4.78, 5) is 0.245. The van der Waals surface area contributed by atoms with E-state index in [1.807, 2.05) is 19.1 Å². The van der Waals surface area contributed by atoms with Crippen LogP contribution in [0.3, 0.4) is 0 Å². The minimum absolute atomic E-state index is 0.245. The minimum atomic E-state index is -3.43. The van der Waals surface area contributed by atoms with Gasteiger partial charge >= 0.3 is 0 Å². The normalized spacial score (nSPS) is 17.0. The summed E-state index contributed by atoms with van der Waals surface area (Å²) in [6.07, 6.45) is 2.71. The molecule has 5 heteroatoms. The Labute approximate surface area is 107 Å². The molecule has 0 N–H and O–H groups in total. The van der Waals surface area contributed by atoms with Crippen LogP contribution in [0.15, 0.2) is 40.8 Å². The summed E-state index contributed by atoms with van der Waals surface area (Å²) in [5.41, 5.74) is 1.68. The van der Waals surface area contributed by atoms with Gasteiger partial charge in [-0.05, 0) is 37.6 Å². The van der Waals surface area contributed by atoms with E-state index >= 15 is 0 Å². The third kappa shape index (κ3) is 2.45. The van der Waals surface area contributed by atoms with Crippen molar-refractivity contribution in [1.82, 2.24) is 4.31 Å². The number of hydrogen-bond donors (Lipinski definition) is 0. The first-order valence-corrected chi connectivity index (χ1v) is 7.14. The van der Waals surface area contributed by atoms with E-state index in [1.165, 1.54) is 34.1 Å². The quantitative estimate of drug-likeness (QED) is 0.765. The van der Waals surface area contributed by atoms with Crippen LogP contribution in [-0.4, -0.2) is 25.8 Å². The molecule has 0 amide bonds. The molecule has 1 aromatic carbocycles. The molecule has 1 aliphatic heterocycles. The van der Waals surface area contributed by atoms with Gasteiger partial charge in [-0.3, -0.25) is 0 Å². The van der Waals surface area contributed by atoms with Gasteiger partial charge in [0.15, 0.2) is 0 Å². The van der Waals surface area contributed by atoms with Crippen LogP contribution < -0.4 is 0 Å². The Bertz CT molecular complexity index is 609. The monoisotopic (exact) mass is 262 g/mol. The maximum atomic E-state index is 12.3. The lowest BCUT2D eigenvalue weighted by Gasteiger charge is -2.24. The lowest BCUT2D eigenvalue weighted by atomic mass is 10.1. The highest BCUT2D eigenvalue weighted by atomic mass is 32.2. The molecule has 0 fully saturated rings. The largest absolute Gasteiger partial charge is 0.243 e. The SMILES string of the molecule is CC1=CCN(S(=O)(=O)c2ccc(C#N)cc2)CC1. The average molecular weight is 262 g/mol. The van der Waals surface area contributed by atoms with Gasteiger partial charge in [-0.1, -0.05) is 11.6 Å². The van der Waals surface area contributed by atoms with Crippen LogP contribution in [0, 0.1) is 11.3 Å². The van der Waals surface area contributed by atoms with E-state index in [1.54, 1.807) is 0 Å². The molecule has 1 heterocycles. The Hall–Kier alpha value is -1.64. The summed E-state index contributed by atoms with van der Waals surface area (Å²) >= 11 is 0. The summed E-state index contributed by atoms with van der Waals surface area (Å²) in [5, 5.41) is 8.69. The van der Waals surface area contributed by atoms with Gasteiger partial charge < -0.3 is 0 Å². The van der Waals surface area contributed by atoms with Gasteiger partial charge in [-0.25, -0.2) is 8.42 Å². The van der Waals surface area contributed by atoms with E-state index in [0.717, 1.165) is 6.42 Å². The molecule has 0 saturated carbocycles. The van der Waals surface area contributed by atoms with Crippen molar-refractivity contribution in [2.75, 3.05) is 13.1 Å². The van der Waals surface area contributed by atoms with Crippen LogP contribution in [-0.2, 0) is 10.0 Å². The summed E-state index contributed by atoms with van der Waals surface area (Å²) in [6.45, 7) is 2.95. The van der Waals surface area contributed by atoms with Crippen molar-refractivity contribution in [1.29, 1.82) is 5.26 Å². The molecule has 0 bridgehead atoms. The summed E-state index contributed by atoms with van der Waals surface area (Å²) in [5.74, 6) is 0. The van der Waals surface area contributed by atoms with Crippen LogP contribution in [0.5, 0.6) is 0 Å². The standard InChI is InChI=1S/C13H14N2O2S/c1-11-6-8-15(9-7-11)18(16,17)13-4-2-12(10-14)3-5-13/h2-6H,7-9H2,1H3. The van der Waals surface area contributed by atoms with Crippen molar-refractivity contribution in [2.24, 2.45) is 0 Å². The highest BCUT2D eigenvalue weighted by Crippen LogP contribution is 2.20. The number of rotatable bonds is 2. The molecule has 1 aromatic rings. The van der Waals surface area contributed by atoms with Gasteiger partial charge in [-0.2, -0.15) is 9.57 Å². The molecule has 0 aliphatic carbocycles. The zero-order valence-electron chi connectivity index (χ0n) is 10.1. The van der Waals surface area contributed by atoms with Crippen LogP contribution >= 0.6 is 0 Å². The Morgan fingerprint density at radius 2 is 1.94 bits per heavy atom. The van der Waals surface area contributed by atoms with Crippen LogP contribution in [0.1, 0.15) is 18.9 Å². The van der Waals surface area contributed by atoms with E-state index in [-0.39, 0.29) is 4.90 Å². The van der Waals surface area contributed by atoms with Crippen molar-refractivity contribution in [3.05, 3.63) is 41.5 Å². The Morgan fingerprint density at radius 1 is 1.28 bits per heavy atom. The van der Waals surface area contributed by atoms with Crippen molar-refractivity contribution in [3.8, 4) is 6.07 Å². The second kappa shape index (κ2) is 4.92. The molecule has 0 radical (unpaired) electrons. The molecule has 0 saturated heterocycles. The molecule has 0 unspecified atom stereocenters. The number of nitriles is 1. The molecular formula is C13H14N2O2S. The van der Waals surface area contributed by atoms with Gasteiger partial charge in [0.05, 0.1) is 16.5 Å². The number of hydrogen-bond acceptors (Lipinski definition) is 3. The van der Waals surface area contributed by atoms with Crippen LogP contribution in [0.2, 0.25) is 0 Å². The second-order valence-corrected chi connectivity index (χ2v) is 6.24. The van der Waals surface area contributed by atoms with E-state index in [2.05, 4.69) is 0 Å². The molecular weight excluding hydrogens is 248 g/mol. The highest BCUT2D eigenvalue weighted by molar-refractivity contribution is 7.89. The van der Waals surface area contributed by atoms with Gasteiger partial charge in [0.2, 0.25) is 10.0 Å². The third-order valence-electron chi connectivity index (χ3n) is 3.02. The maximum absolute atomic E-state index is 12.3. The van der Waals surface area contributed by atoms with Crippen molar-refractivity contribution >= 4 is 10.0 Å². The lowest BCUT2D eigenvalue weighted by molar-refractivity contribution is 0.431. The Balaban J connectivity index is 2.28. The Kier molecular flexibility index (Phi) is 3.50. The predicted molar refractivity (Wildman–Crippen MR) is 68.3 cm³/mol. The number of benzene rings is 1. The molecule has 0 atom stereocenters. The van der Waals surface area contributed by atoms with Crippen molar-refractivity contribution in [3.63, 3.8) is 0 Å². The summed E-state index contributed by atoms with van der Waals surface area (Å²) in [7, 11) is -3.43. The van der Waals surface area contributed by atoms with Crippen molar-refractivity contribution < 1.29 is 8.42 Å². The molecule has 0 spiro atoms. The average Bonchev–Trinajstić information content (AvgIpc) is 2.39. The van der Waals surface area contributed by atoms with E-state index in [9.17, 15) is 8.42 Å². The molecule has 1 aliphatic rings. The predicted octanol–water partition coefficient (Wildman–Crippen LogP) is 1.90. The zero-order chi connectivity index (χ0) is 13.2. The summed E-state index contributed by atoms with van der Waals surface area (Å²) in [6, 6.07) is 7.99. The molecule has 4 nitrogen and oxygen atoms in total. The first kappa shape index (κ1) is 12.8. The first-order chi connectivity index (χ1) is 8.54. The fraction of sp³-hybridized carbons (Fsp3) is 0.308. The first-order valence-electron chi connectivity index (χ1n) is 5.70. The maximum Gasteiger partial charge on any atom is 0.243 e. The van der Waals surface area contributed by atoms with Gasteiger partial charge in [0, 0.05) is 13.1 Å². The fourth-order valence-corrected chi connectivity index (χ4v) is 3.20. The van der Waals surface area contributed by atoms with E-state index in [0.29, 0.717) is 18.7 Å². The van der Waals surface area contributed by atoms with Gasteiger partial charge in [0.1, 0.15) is 0 Å². The molecule has 94 valence electrons.